The first kappa shape index (κ1) is 23.7. The summed E-state index contributed by atoms with van der Waals surface area (Å²) in [6.07, 6.45) is 0.771. The van der Waals surface area contributed by atoms with Gasteiger partial charge in [0.1, 0.15) is 15.2 Å². The molecule has 0 radical (unpaired) electrons. The Balaban J connectivity index is 5.59. The molecule has 5 heteroatoms. The molecule has 4 nitrogen and oxygen atoms in total. The van der Waals surface area contributed by atoms with E-state index in [1.807, 2.05) is 13.8 Å². The summed E-state index contributed by atoms with van der Waals surface area (Å²) in [5, 5.41) is 4.06. The van der Waals surface area contributed by atoms with Gasteiger partial charge in [0.2, 0.25) is 0 Å². The fraction of sp³-hybridized carbons (Fsp3) is 0.800. The van der Waals surface area contributed by atoms with E-state index >= 15 is 0 Å². The lowest BCUT2D eigenvalue weighted by Crippen LogP contribution is -2.43. The largest absolute Gasteiger partial charge is 0.469 e. The van der Waals surface area contributed by atoms with E-state index in [1.54, 1.807) is 0 Å². The highest BCUT2D eigenvalue weighted by molar-refractivity contribution is 6.90. The first-order valence-corrected chi connectivity index (χ1v) is 11.4. The summed E-state index contributed by atoms with van der Waals surface area (Å²) in [7, 11) is 1.13. The van der Waals surface area contributed by atoms with E-state index in [-0.39, 0.29) is 17.8 Å². The van der Waals surface area contributed by atoms with Crippen LogP contribution in [0.25, 0.3) is 0 Å². The van der Waals surface area contributed by atoms with E-state index in [0.717, 1.165) is 0 Å². The van der Waals surface area contributed by atoms with Crippen LogP contribution in [-0.2, 0) is 14.4 Å². The molecule has 0 bridgehead atoms. The van der Waals surface area contributed by atoms with Gasteiger partial charge in [-0.2, -0.15) is 0 Å². The highest BCUT2D eigenvalue weighted by Crippen LogP contribution is 2.41. The Morgan fingerprint density at radius 1 is 1.04 bits per heavy atom. The van der Waals surface area contributed by atoms with Crippen LogP contribution in [0.3, 0.4) is 0 Å². The number of hydrogen-bond acceptors (Lipinski definition) is 4. The molecule has 0 amide bonds. The monoisotopic (exact) mass is 367 g/mol. The molecule has 0 aromatic heterocycles. The molecule has 0 N–H and O–H groups in total. The number of carbonyl (C=O) groups excluding carboxylic acids is 1. The number of ether oxygens (including phenoxy) is 1. The van der Waals surface area contributed by atoms with E-state index in [2.05, 4.69) is 58.2 Å². The van der Waals surface area contributed by atoms with E-state index in [1.165, 1.54) is 14.2 Å². The Morgan fingerprint density at radius 2 is 1.52 bits per heavy atom. The number of esters is 1. The standard InChI is InChI=1S/C20H37NO3Si/c1-15(2)25(16(3)4,17(5)6)13-11-12-20(7,8)18(21-24-10)14-19(22)23-9/h15-17H,12,14H2,1-10H3/b21-18+. The molecule has 0 fully saturated rings. The molecule has 0 aliphatic heterocycles. The molecular formula is C20H37NO3Si. The minimum Gasteiger partial charge on any atom is -0.469 e. The minimum atomic E-state index is -1.74. The summed E-state index contributed by atoms with van der Waals surface area (Å²) in [6, 6.07) is 0. The maximum atomic E-state index is 11.7. The summed E-state index contributed by atoms with van der Waals surface area (Å²) in [4.78, 5) is 16.6. The summed E-state index contributed by atoms with van der Waals surface area (Å²) in [5.41, 5.74) is 5.86. The summed E-state index contributed by atoms with van der Waals surface area (Å²) < 4.78 is 4.77. The third-order valence-corrected chi connectivity index (χ3v) is 11.6. The van der Waals surface area contributed by atoms with Gasteiger partial charge in [0, 0.05) is 11.8 Å². The summed E-state index contributed by atoms with van der Waals surface area (Å²) in [6.45, 7) is 17.9. The second-order valence-corrected chi connectivity index (χ2v) is 13.8. The Labute approximate surface area is 155 Å². The van der Waals surface area contributed by atoms with Gasteiger partial charge in [0.05, 0.1) is 19.2 Å². The van der Waals surface area contributed by atoms with Gasteiger partial charge in [0.15, 0.2) is 0 Å². The molecule has 144 valence electrons. The van der Waals surface area contributed by atoms with Crippen LogP contribution in [0.15, 0.2) is 5.16 Å². The molecule has 0 aliphatic rings. The zero-order chi connectivity index (χ0) is 19.8. The van der Waals surface area contributed by atoms with Crippen LogP contribution in [0.1, 0.15) is 68.2 Å². The molecule has 25 heavy (non-hydrogen) atoms. The topological polar surface area (TPSA) is 47.9 Å². The van der Waals surface area contributed by atoms with Crippen molar-refractivity contribution in [2.24, 2.45) is 10.6 Å². The molecule has 0 heterocycles. The Kier molecular flexibility index (Phi) is 9.50. The van der Waals surface area contributed by atoms with Crippen molar-refractivity contribution in [1.82, 2.24) is 0 Å². The molecule has 0 rings (SSSR count). The van der Waals surface area contributed by atoms with Gasteiger partial charge in [-0.1, -0.05) is 60.5 Å². The van der Waals surface area contributed by atoms with Crippen molar-refractivity contribution in [2.75, 3.05) is 14.2 Å². The van der Waals surface area contributed by atoms with Crippen molar-refractivity contribution >= 4 is 19.8 Å². The zero-order valence-electron chi connectivity index (χ0n) is 17.8. The first-order chi connectivity index (χ1) is 11.5. The number of rotatable bonds is 8. The fourth-order valence-electron chi connectivity index (χ4n) is 3.67. The van der Waals surface area contributed by atoms with Gasteiger partial charge in [-0.3, -0.25) is 4.79 Å². The first-order valence-electron chi connectivity index (χ1n) is 9.13. The summed E-state index contributed by atoms with van der Waals surface area (Å²) >= 11 is 0. The molecule has 0 aromatic rings. The predicted octanol–water partition coefficient (Wildman–Crippen LogP) is 5.19. The molecule has 0 atom stereocenters. The van der Waals surface area contributed by atoms with Gasteiger partial charge in [0.25, 0.3) is 0 Å². The lowest BCUT2D eigenvalue weighted by Gasteiger charge is -2.38. The van der Waals surface area contributed by atoms with Crippen molar-refractivity contribution in [3.05, 3.63) is 0 Å². The number of methoxy groups -OCH3 is 1. The number of oxime groups is 1. The van der Waals surface area contributed by atoms with Gasteiger partial charge >= 0.3 is 5.97 Å². The number of hydrogen-bond donors (Lipinski definition) is 0. The lowest BCUT2D eigenvalue weighted by molar-refractivity contribution is -0.139. The van der Waals surface area contributed by atoms with E-state index in [0.29, 0.717) is 28.8 Å². The zero-order valence-corrected chi connectivity index (χ0v) is 18.8. The third kappa shape index (κ3) is 6.18. The second kappa shape index (κ2) is 10.0. The molecule has 0 aromatic carbocycles. The van der Waals surface area contributed by atoms with Crippen molar-refractivity contribution in [3.63, 3.8) is 0 Å². The Morgan fingerprint density at radius 3 is 1.88 bits per heavy atom. The van der Waals surface area contributed by atoms with Crippen molar-refractivity contribution < 1.29 is 14.4 Å². The van der Waals surface area contributed by atoms with Gasteiger partial charge < -0.3 is 9.57 Å². The Hall–Kier alpha value is -1.28. The number of nitrogens with zero attached hydrogens (tertiary/aromatic N) is 1. The second-order valence-electron chi connectivity index (χ2n) is 8.23. The molecule has 0 saturated carbocycles. The maximum Gasteiger partial charge on any atom is 0.311 e. The molecule has 0 spiro atoms. The van der Waals surface area contributed by atoms with Crippen LogP contribution in [0.5, 0.6) is 0 Å². The molecular weight excluding hydrogens is 330 g/mol. The predicted molar refractivity (Wildman–Crippen MR) is 108 cm³/mol. The molecule has 0 aliphatic carbocycles. The van der Waals surface area contributed by atoms with E-state index < -0.39 is 8.07 Å². The van der Waals surface area contributed by atoms with Crippen LogP contribution in [0.2, 0.25) is 16.6 Å². The smallest absolute Gasteiger partial charge is 0.311 e. The van der Waals surface area contributed by atoms with Crippen molar-refractivity contribution in [2.45, 2.75) is 84.9 Å². The van der Waals surface area contributed by atoms with E-state index in [4.69, 9.17) is 9.57 Å². The van der Waals surface area contributed by atoms with Crippen LogP contribution in [-0.4, -0.2) is 34.0 Å². The quantitative estimate of drug-likeness (QED) is 0.195. The molecule has 0 unspecified atom stereocenters. The van der Waals surface area contributed by atoms with Gasteiger partial charge in [-0.05, 0) is 16.6 Å². The lowest BCUT2D eigenvalue weighted by atomic mass is 9.82. The SMILES string of the molecule is CO/N=C(\CC(=O)OC)C(C)(C)CC#C[Si](C(C)C)(C(C)C)C(C)C. The van der Waals surface area contributed by atoms with Crippen molar-refractivity contribution in [1.29, 1.82) is 0 Å². The number of carbonyl (C=O) groups is 1. The highest BCUT2D eigenvalue weighted by atomic mass is 28.3. The molecule has 0 saturated heterocycles. The average Bonchev–Trinajstić information content (AvgIpc) is 2.49. The van der Waals surface area contributed by atoms with Crippen LogP contribution < -0.4 is 0 Å². The van der Waals surface area contributed by atoms with Crippen molar-refractivity contribution in [3.8, 4) is 11.5 Å². The highest BCUT2D eigenvalue weighted by Gasteiger charge is 2.41. The average molecular weight is 368 g/mol. The van der Waals surface area contributed by atoms with Crippen LogP contribution >= 0.6 is 0 Å². The van der Waals surface area contributed by atoms with E-state index in [9.17, 15) is 4.79 Å². The van der Waals surface area contributed by atoms with Crippen LogP contribution in [0.4, 0.5) is 0 Å². The third-order valence-electron chi connectivity index (χ3n) is 5.22. The van der Waals surface area contributed by atoms with Gasteiger partial charge in [-0.15, -0.1) is 11.5 Å². The fourth-order valence-corrected chi connectivity index (χ4v) is 8.93. The minimum absolute atomic E-state index is 0.125. The summed E-state index contributed by atoms with van der Waals surface area (Å²) in [5.74, 6) is 3.15. The Bertz CT molecular complexity index is 503. The normalized spacial score (nSPS) is 13.1. The van der Waals surface area contributed by atoms with Crippen LogP contribution in [0, 0.1) is 16.9 Å². The van der Waals surface area contributed by atoms with Gasteiger partial charge in [-0.25, -0.2) is 0 Å². The maximum absolute atomic E-state index is 11.7.